The Morgan fingerprint density at radius 1 is 1.18 bits per heavy atom. The van der Waals surface area contributed by atoms with Gasteiger partial charge in [-0.05, 0) is 30.7 Å². The Morgan fingerprint density at radius 2 is 1.95 bits per heavy atom. The van der Waals surface area contributed by atoms with Crippen molar-refractivity contribution >= 4 is 11.7 Å². The number of benzene rings is 1. The Balaban J connectivity index is 1.89. The van der Waals surface area contributed by atoms with Gasteiger partial charge in [-0.1, -0.05) is 24.3 Å². The Morgan fingerprint density at radius 3 is 2.68 bits per heavy atom. The fourth-order valence-electron chi connectivity index (χ4n) is 1.95. The minimum absolute atomic E-state index is 0.0705. The van der Waals surface area contributed by atoms with Crippen molar-refractivity contribution in [2.24, 2.45) is 0 Å². The van der Waals surface area contributed by atoms with Crippen LogP contribution in [0.15, 0.2) is 53.5 Å². The highest BCUT2D eigenvalue weighted by Crippen LogP contribution is 2.10. The van der Waals surface area contributed by atoms with E-state index in [9.17, 15) is 9.59 Å². The highest BCUT2D eigenvalue weighted by molar-refractivity contribution is 6.01. The molecule has 0 fully saturated rings. The van der Waals surface area contributed by atoms with Gasteiger partial charge in [-0.3, -0.25) is 9.78 Å². The summed E-state index contributed by atoms with van der Waals surface area (Å²) in [5.74, 6) is -0.157. The maximum atomic E-state index is 12.2. The largest absolute Gasteiger partial charge is 0.348 e. The highest BCUT2D eigenvalue weighted by Gasteiger charge is 2.15. The summed E-state index contributed by atoms with van der Waals surface area (Å²) in [6.07, 6.45) is 1.58. The van der Waals surface area contributed by atoms with E-state index >= 15 is 0 Å². The van der Waals surface area contributed by atoms with Crippen LogP contribution in [0.4, 0.5) is 5.82 Å². The molecule has 0 aliphatic rings. The van der Waals surface area contributed by atoms with E-state index in [0.717, 1.165) is 10.2 Å². The van der Waals surface area contributed by atoms with E-state index in [1.165, 1.54) is 0 Å². The molecule has 0 saturated heterocycles. The van der Waals surface area contributed by atoms with E-state index in [-0.39, 0.29) is 5.82 Å². The number of aromatic amines is 1. The normalized spacial score (nSPS) is 10.4. The molecule has 0 atom stereocenters. The number of rotatable bonds is 3. The predicted octanol–water partition coefficient (Wildman–Crippen LogP) is 1.52. The molecule has 7 nitrogen and oxygen atoms in total. The van der Waals surface area contributed by atoms with E-state index < -0.39 is 11.6 Å². The van der Waals surface area contributed by atoms with E-state index in [0.29, 0.717) is 11.5 Å². The third-order valence-corrected chi connectivity index (χ3v) is 3.07. The number of aryl methyl sites for hydroxylation is 1. The Hall–Kier alpha value is -3.22. The van der Waals surface area contributed by atoms with Crippen LogP contribution in [0, 0.1) is 6.92 Å². The Labute approximate surface area is 125 Å². The molecule has 0 saturated carbocycles. The van der Waals surface area contributed by atoms with Crippen LogP contribution in [0.2, 0.25) is 0 Å². The van der Waals surface area contributed by atoms with Gasteiger partial charge in [-0.25, -0.2) is 9.78 Å². The lowest BCUT2D eigenvalue weighted by Gasteiger charge is -2.04. The van der Waals surface area contributed by atoms with Crippen molar-refractivity contribution in [1.29, 1.82) is 0 Å². The fourth-order valence-corrected chi connectivity index (χ4v) is 1.95. The first-order chi connectivity index (χ1) is 10.6. The first-order valence-electron chi connectivity index (χ1n) is 6.63. The number of amides is 1. The predicted molar refractivity (Wildman–Crippen MR) is 81.1 cm³/mol. The lowest BCUT2D eigenvalue weighted by atomic mass is 10.3. The molecular weight excluding hydrogens is 282 g/mol. The number of nitrogens with zero attached hydrogens (tertiary/aromatic N) is 3. The molecule has 110 valence electrons. The van der Waals surface area contributed by atoms with Gasteiger partial charge in [0.05, 0.1) is 5.69 Å². The standard InChI is InChI=1S/C15H13N5O2/c1-10-6-5-9-16-12(10)17-14(21)13-18-15(22)20(19-13)11-7-3-2-4-8-11/h2-9H,1H3,(H,16,17,21)(H,18,19,22). The van der Waals surface area contributed by atoms with Gasteiger partial charge in [0.25, 0.3) is 5.91 Å². The van der Waals surface area contributed by atoms with Crippen molar-refractivity contribution in [3.8, 4) is 5.69 Å². The maximum Gasteiger partial charge on any atom is 0.348 e. The third-order valence-electron chi connectivity index (χ3n) is 3.07. The summed E-state index contributed by atoms with van der Waals surface area (Å²) in [4.78, 5) is 30.6. The van der Waals surface area contributed by atoms with Gasteiger partial charge in [-0.2, -0.15) is 4.68 Å². The number of aromatic nitrogens is 4. The molecule has 0 aliphatic carbocycles. The number of H-pyrrole nitrogens is 1. The zero-order valence-electron chi connectivity index (χ0n) is 11.8. The second-order valence-electron chi connectivity index (χ2n) is 4.65. The highest BCUT2D eigenvalue weighted by atomic mass is 16.2. The second-order valence-corrected chi connectivity index (χ2v) is 4.65. The second kappa shape index (κ2) is 5.65. The van der Waals surface area contributed by atoms with Crippen LogP contribution in [0.5, 0.6) is 0 Å². The Bertz CT molecular complexity index is 867. The summed E-state index contributed by atoms with van der Waals surface area (Å²) in [6, 6.07) is 12.5. The first-order valence-corrected chi connectivity index (χ1v) is 6.63. The summed E-state index contributed by atoms with van der Waals surface area (Å²) in [5, 5.41) is 6.64. The Kier molecular flexibility index (Phi) is 3.53. The number of carbonyl (C=O) groups excluding carboxylic acids is 1. The van der Waals surface area contributed by atoms with Crippen LogP contribution >= 0.6 is 0 Å². The fraction of sp³-hybridized carbons (Fsp3) is 0.0667. The van der Waals surface area contributed by atoms with Gasteiger partial charge in [0.1, 0.15) is 5.82 Å². The molecule has 3 rings (SSSR count). The van der Waals surface area contributed by atoms with Crippen LogP contribution in [-0.4, -0.2) is 25.7 Å². The van der Waals surface area contributed by atoms with Crippen LogP contribution < -0.4 is 11.0 Å². The van der Waals surface area contributed by atoms with Gasteiger partial charge >= 0.3 is 5.69 Å². The SMILES string of the molecule is Cc1cccnc1NC(=O)c1nn(-c2ccccc2)c(=O)[nH]1. The first kappa shape index (κ1) is 13.7. The van der Waals surface area contributed by atoms with E-state index in [2.05, 4.69) is 20.4 Å². The smallest absolute Gasteiger partial charge is 0.304 e. The molecule has 7 heteroatoms. The number of anilines is 1. The minimum atomic E-state index is -0.520. The minimum Gasteiger partial charge on any atom is -0.304 e. The lowest BCUT2D eigenvalue weighted by Crippen LogP contribution is -2.16. The molecule has 0 aliphatic heterocycles. The molecule has 0 spiro atoms. The average molecular weight is 295 g/mol. The number of para-hydroxylation sites is 1. The number of hydrogen-bond acceptors (Lipinski definition) is 4. The monoisotopic (exact) mass is 295 g/mol. The van der Waals surface area contributed by atoms with Gasteiger partial charge in [0.2, 0.25) is 5.82 Å². The molecule has 2 aromatic heterocycles. The van der Waals surface area contributed by atoms with Crippen molar-refractivity contribution in [2.75, 3.05) is 5.32 Å². The maximum absolute atomic E-state index is 12.2. The van der Waals surface area contributed by atoms with Crippen molar-refractivity contribution < 1.29 is 4.79 Å². The van der Waals surface area contributed by atoms with E-state index in [1.54, 1.807) is 36.5 Å². The van der Waals surface area contributed by atoms with Crippen LogP contribution in [0.25, 0.3) is 5.69 Å². The molecule has 1 amide bonds. The van der Waals surface area contributed by atoms with E-state index in [4.69, 9.17) is 0 Å². The molecule has 2 heterocycles. The molecule has 3 aromatic rings. The third kappa shape index (κ3) is 2.64. The molecular formula is C15H13N5O2. The van der Waals surface area contributed by atoms with Crippen molar-refractivity contribution in [1.82, 2.24) is 19.7 Å². The number of nitrogens with one attached hydrogen (secondary N) is 2. The summed E-state index contributed by atoms with van der Waals surface area (Å²) in [6.45, 7) is 1.83. The summed E-state index contributed by atoms with van der Waals surface area (Å²) < 4.78 is 1.14. The van der Waals surface area contributed by atoms with E-state index in [1.807, 2.05) is 19.1 Å². The topological polar surface area (TPSA) is 92.7 Å². The number of carbonyl (C=O) groups is 1. The van der Waals surface area contributed by atoms with Gasteiger partial charge in [0.15, 0.2) is 0 Å². The van der Waals surface area contributed by atoms with Crippen LogP contribution in [0.3, 0.4) is 0 Å². The van der Waals surface area contributed by atoms with Crippen LogP contribution in [0.1, 0.15) is 16.2 Å². The lowest BCUT2D eigenvalue weighted by molar-refractivity contribution is 0.101. The molecule has 22 heavy (non-hydrogen) atoms. The quantitative estimate of drug-likeness (QED) is 0.766. The number of pyridine rings is 1. The molecule has 1 aromatic carbocycles. The molecule has 0 radical (unpaired) electrons. The van der Waals surface area contributed by atoms with Crippen molar-refractivity contribution in [3.05, 3.63) is 70.5 Å². The molecule has 2 N–H and O–H groups in total. The van der Waals surface area contributed by atoms with Gasteiger partial charge < -0.3 is 5.32 Å². The van der Waals surface area contributed by atoms with Crippen molar-refractivity contribution in [2.45, 2.75) is 6.92 Å². The number of hydrogen-bond donors (Lipinski definition) is 2. The molecule has 0 unspecified atom stereocenters. The molecule has 0 bridgehead atoms. The van der Waals surface area contributed by atoms with Crippen molar-refractivity contribution in [3.63, 3.8) is 0 Å². The summed E-state index contributed by atoms with van der Waals surface area (Å²) in [5.41, 5.74) is 0.923. The van der Waals surface area contributed by atoms with Crippen LogP contribution in [-0.2, 0) is 0 Å². The summed E-state index contributed by atoms with van der Waals surface area (Å²) in [7, 11) is 0. The van der Waals surface area contributed by atoms with Gasteiger partial charge in [-0.15, -0.1) is 5.10 Å². The zero-order valence-corrected chi connectivity index (χ0v) is 11.8. The summed E-state index contributed by atoms with van der Waals surface area (Å²) >= 11 is 0. The average Bonchev–Trinajstić information content (AvgIpc) is 2.92. The zero-order chi connectivity index (χ0) is 15.5. The van der Waals surface area contributed by atoms with Gasteiger partial charge in [0, 0.05) is 6.20 Å².